The van der Waals surface area contributed by atoms with E-state index in [9.17, 15) is 22.0 Å². The summed E-state index contributed by atoms with van der Waals surface area (Å²) in [6, 6.07) is 9.67. The van der Waals surface area contributed by atoms with Crippen molar-refractivity contribution in [3.8, 4) is 5.75 Å². The highest BCUT2D eigenvalue weighted by molar-refractivity contribution is 7.89. The van der Waals surface area contributed by atoms with E-state index in [2.05, 4.69) is 10.1 Å². The fourth-order valence-corrected chi connectivity index (χ4v) is 5.95. The van der Waals surface area contributed by atoms with Gasteiger partial charge in [0.25, 0.3) is 0 Å². The summed E-state index contributed by atoms with van der Waals surface area (Å²) in [5, 5.41) is 2.63. The molecule has 31 heavy (non-hydrogen) atoms. The molecule has 0 bridgehead atoms. The summed E-state index contributed by atoms with van der Waals surface area (Å²) in [5.74, 6) is -0.882. The minimum atomic E-state index is -3.67. The van der Waals surface area contributed by atoms with E-state index in [4.69, 9.17) is 0 Å². The summed E-state index contributed by atoms with van der Waals surface area (Å²) >= 11 is 0. The molecule has 1 aliphatic rings. The number of hydrogen-bond donors (Lipinski definition) is 1. The largest absolute Gasteiger partial charge is 0.433 e. The molecule has 0 spiro atoms. The van der Waals surface area contributed by atoms with E-state index in [1.807, 2.05) is 19.1 Å². The topological polar surface area (TPSA) is 75.7 Å². The Bertz CT molecular complexity index is 1040. The van der Waals surface area contributed by atoms with Crippen molar-refractivity contribution in [2.45, 2.75) is 45.1 Å². The van der Waals surface area contributed by atoms with Crippen LogP contribution in [0, 0.1) is 26.7 Å². The van der Waals surface area contributed by atoms with Crippen LogP contribution in [-0.2, 0) is 14.8 Å². The Morgan fingerprint density at radius 1 is 1.10 bits per heavy atom. The molecule has 1 fully saturated rings. The molecule has 3 rings (SSSR count). The van der Waals surface area contributed by atoms with Gasteiger partial charge in [0, 0.05) is 19.0 Å². The molecule has 0 aliphatic carbocycles. The van der Waals surface area contributed by atoms with Gasteiger partial charge in [-0.25, -0.2) is 8.42 Å². The molecule has 0 atom stereocenters. The van der Waals surface area contributed by atoms with Gasteiger partial charge in [0.15, 0.2) is 0 Å². The first kappa shape index (κ1) is 23.1. The number of nitrogens with zero attached hydrogens (tertiary/aromatic N) is 1. The number of carbonyl (C=O) groups is 1. The standard InChI is InChI=1S/C22H26F2N2O4S/c1-14-12-15(2)20(16(3)13-14)31(28,29)26-10-8-17(9-11-26)21(27)25-18-6-4-5-7-19(18)30-22(23)24/h4-7,12-13,17,22H,8-11H2,1-3H3,(H,25,27). The molecule has 1 N–H and O–H groups in total. The zero-order chi connectivity index (χ0) is 22.8. The van der Waals surface area contributed by atoms with E-state index in [-0.39, 0.29) is 30.4 Å². The number of sulfonamides is 1. The summed E-state index contributed by atoms with van der Waals surface area (Å²) in [5.41, 5.74) is 2.56. The molecule has 2 aromatic carbocycles. The molecule has 1 aliphatic heterocycles. The van der Waals surface area contributed by atoms with Crippen molar-refractivity contribution in [3.63, 3.8) is 0 Å². The number of rotatable bonds is 6. The number of carbonyl (C=O) groups excluding carboxylic acids is 1. The fraction of sp³-hybridized carbons (Fsp3) is 0.409. The number of amides is 1. The Kier molecular flexibility index (Phi) is 6.96. The number of ether oxygens (including phenoxy) is 1. The van der Waals surface area contributed by atoms with Crippen LogP contribution in [0.3, 0.4) is 0 Å². The predicted molar refractivity (Wildman–Crippen MR) is 114 cm³/mol. The van der Waals surface area contributed by atoms with Gasteiger partial charge in [0.2, 0.25) is 15.9 Å². The Morgan fingerprint density at radius 3 is 2.26 bits per heavy atom. The summed E-state index contributed by atoms with van der Waals surface area (Å²) in [6.45, 7) is 2.91. The average molecular weight is 453 g/mol. The van der Waals surface area contributed by atoms with Gasteiger partial charge in [-0.3, -0.25) is 4.79 Å². The molecule has 1 saturated heterocycles. The number of piperidine rings is 1. The van der Waals surface area contributed by atoms with Crippen molar-refractivity contribution < 1.29 is 26.7 Å². The first-order valence-electron chi connectivity index (χ1n) is 10.0. The summed E-state index contributed by atoms with van der Waals surface area (Å²) in [7, 11) is -3.67. The van der Waals surface area contributed by atoms with E-state index in [0.717, 1.165) is 5.56 Å². The van der Waals surface area contributed by atoms with Crippen molar-refractivity contribution in [1.82, 2.24) is 4.31 Å². The quantitative estimate of drug-likeness (QED) is 0.711. The average Bonchev–Trinajstić information content (AvgIpc) is 2.68. The second-order valence-corrected chi connectivity index (χ2v) is 9.64. The van der Waals surface area contributed by atoms with Gasteiger partial charge >= 0.3 is 6.61 Å². The number of halogens is 2. The number of aryl methyl sites for hydroxylation is 3. The second kappa shape index (κ2) is 9.32. The third-order valence-electron chi connectivity index (χ3n) is 5.39. The molecule has 0 aromatic heterocycles. The van der Waals surface area contributed by atoms with Gasteiger partial charge in [-0.2, -0.15) is 13.1 Å². The summed E-state index contributed by atoms with van der Waals surface area (Å²) < 4.78 is 57.4. The zero-order valence-electron chi connectivity index (χ0n) is 17.7. The fourth-order valence-electron chi connectivity index (χ4n) is 4.06. The lowest BCUT2D eigenvalue weighted by Gasteiger charge is -2.31. The van der Waals surface area contributed by atoms with Crippen LogP contribution in [0.5, 0.6) is 5.75 Å². The summed E-state index contributed by atoms with van der Waals surface area (Å²) in [6.07, 6.45) is 0.680. The molecule has 0 saturated carbocycles. The van der Waals surface area contributed by atoms with Crippen LogP contribution in [0.15, 0.2) is 41.3 Å². The highest BCUT2D eigenvalue weighted by Gasteiger charge is 2.34. The smallest absolute Gasteiger partial charge is 0.387 e. The molecule has 1 heterocycles. The molecular weight excluding hydrogens is 426 g/mol. The third kappa shape index (κ3) is 5.22. The Balaban J connectivity index is 1.68. The van der Waals surface area contributed by atoms with Crippen molar-refractivity contribution in [2.75, 3.05) is 18.4 Å². The van der Waals surface area contributed by atoms with Gasteiger partial charge in [-0.05, 0) is 56.9 Å². The monoisotopic (exact) mass is 452 g/mol. The van der Waals surface area contributed by atoms with Crippen LogP contribution in [0.25, 0.3) is 0 Å². The van der Waals surface area contributed by atoms with Gasteiger partial charge in [-0.1, -0.05) is 29.8 Å². The van der Waals surface area contributed by atoms with E-state index >= 15 is 0 Å². The molecule has 0 unspecified atom stereocenters. The molecule has 0 radical (unpaired) electrons. The number of alkyl halides is 2. The van der Waals surface area contributed by atoms with Gasteiger partial charge in [-0.15, -0.1) is 0 Å². The normalized spacial score (nSPS) is 15.8. The van der Waals surface area contributed by atoms with Crippen LogP contribution in [-0.4, -0.2) is 38.3 Å². The SMILES string of the molecule is Cc1cc(C)c(S(=O)(=O)N2CCC(C(=O)Nc3ccccc3OC(F)F)CC2)c(C)c1. The molecule has 1 amide bonds. The van der Waals surface area contributed by atoms with Gasteiger partial charge < -0.3 is 10.1 Å². The van der Waals surface area contributed by atoms with Crippen LogP contribution in [0.2, 0.25) is 0 Å². The number of hydrogen-bond acceptors (Lipinski definition) is 4. The lowest BCUT2D eigenvalue weighted by molar-refractivity contribution is -0.121. The molecule has 6 nitrogen and oxygen atoms in total. The van der Waals surface area contributed by atoms with Crippen LogP contribution in [0.4, 0.5) is 14.5 Å². The minimum absolute atomic E-state index is 0.115. The predicted octanol–water partition coefficient (Wildman–Crippen LogP) is 4.25. The Morgan fingerprint density at radius 2 is 1.68 bits per heavy atom. The lowest BCUT2D eigenvalue weighted by atomic mass is 9.97. The Hall–Kier alpha value is -2.52. The molecular formula is C22H26F2N2O4S. The Labute approximate surface area is 181 Å². The van der Waals surface area contributed by atoms with E-state index < -0.39 is 22.6 Å². The van der Waals surface area contributed by atoms with Crippen LogP contribution < -0.4 is 10.1 Å². The van der Waals surface area contributed by atoms with Crippen LogP contribution >= 0.6 is 0 Å². The van der Waals surface area contributed by atoms with Crippen molar-refractivity contribution >= 4 is 21.6 Å². The first-order chi connectivity index (χ1) is 14.6. The number of para-hydroxylation sites is 2. The van der Waals surface area contributed by atoms with Crippen molar-refractivity contribution in [3.05, 3.63) is 53.1 Å². The number of benzene rings is 2. The minimum Gasteiger partial charge on any atom is -0.433 e. The maximum absolute atomic E-state index is 13.2. The maximum atomic E-state index is 13.2. The first-order valence-corrected chi connectivity index (χ1v) is 11.5. The van der Waals surface area contributed by atoms with Gasteiger partial charge in [0.1, 0.15) is 5.75 Å². The zero-order valence-corrected chi connectivity index (χ0v) is 18.5. The van der Waals surface area contributed by atoms with Crippen molar-refractivity contribution in [1.29, 1.82) is 0 Å². The second-order valence-electron chi connectivity index (χ2n) is 7.77. The molecule has 2 aromatic rings. The molecule has 9 heteroatoms. The van der Waals surface area contributed by atoms with Gasteiger partial charge in [0.05, 0.1) is 10.6 Å². The maximum Gasteiger partial charge on any atom is 0.387 e. The number of nitrogens with one attached hydrogen (secondary N) is 1. The highest BCUT2D eigenvalue weighted by atomic mass is 32.2. The highest BCUT2D eigenvalue weighted by Crippen LogP contribution is 2.30. The molecule has 168 valence electrons. The van der Waals surface area contributed by atoms with Crippen LogP contribution in [0.1, 0.15) is 29.5 Å². The van der Waals surface area contributed by atoms with E-state index in [1.165, 1.54) is 22.5 Å². The lowest BCUT2D eigenvalue weighted by Crippen LogP contribution is -2.41. The van der Waals surface area contributed by atoms with Crippen molar-refractivity contribution in [2.24, 2.45) is 5.92 Å². The number of anilines is 1. The van der Waals surface area contributed by atoms with E-state index in [1.54, 1.807) is 19.9 Å². The third-order valence-corrected chi connectivity index (χ3v) is 7.59. The summed E-state index contributed by atoms with van der Waals surface area (Å²) in [4.78, 5) is 13.0. The van der Waals surface area contributed by atoms with E-state index in [0.29, 0.717) is 28.9 Å².